The van der Waals surface area contributed by atoms with Crippen molar-refractivity contribution in [2.24, 2.45) is 5.73 Å². The zero-order chi connectivity index (χ0) is 16.5. The van der Waals surface area contributed by atoms with E-state index in [1.165, 1.54) is 12.1 Å². The molecule has 23 heavy (non-hydrogen) atoms. The number of hydrogen-bond acceptors (Lipinski definition) is 2. The standard InChI is InChI=1S/C14H9F6NO.ClH/c15-10-5-8(6-11(16)12(10)17)13(21)7-1-3-9(4-2-7)22-14(18,19)20;/h1-6,13H,21H2;1H/t13-;/m0./s1. The van der Waals surface area contributed by atoms with Gasteiger partial charge in [-0.05, 0) is 35.4 Å². The number of nitrogens with two attached hydrogens (primary N) is 1. The van der Waals surface area contributed by atoms with E-state index in [1.807, 2.05) is 0 Å². The van der Waals surface area contributed by atoms with Crippen LogP contribution in [0.3, 0.4) is 0 Å². The molecule has 0 bridgehead atoms. The lowest BCUT2D eigenvalue weighted by molar-refractivity contribution is -0.274. The van der Waals surface area contributed by atoms with E-state index in [2.05, 4.69) is 4.74 Å². The fourth-order valence-electron chi connectivity index (χ4n) is 1.82. The van der Waals surface area contributed by atoms with Crippen molar-refractivity contribution in [1.29, 1.82) is 0 Å². The van der Waals surface area contributed by atoms with Gasteiger partial charge in [-0.15, -0.1) is 25.6 Å². The second-order valence-electron chi connectivity index (χ2n) is 4.39. The summed E-state index contributed by atoms with van der Waals surface area (Å²) in [6.07, 6.45) is -4.83. The zero-order valence-electron chi connectivity index (χ0n) is 11.2. The third-order valence-corrected chi connectivity index (χ3v) is 2.84. The van der Waals surface area contributed by atoms with Crippen LogP contribution < -0.4 is 10.5 Å². The average molecular weight is 358 g/mol. The van der Waals surface area contributed by atoms with Gasteiger partial charge in [-0.2, -0.15) is 0 Å². The van der Waals surface area contributed by atoms with Crippen molar-refractivity contribution < 1.29 is 31.1 Å². The van der Waals surface area contributed by atoms with Gasteiger partial charge in [0.25, 0.3) is 0 Å². The molecule has 0 aromatic heterocycles. The number of rotatable bonds is 3. The normalized spacial score (nSPS) is 12.5. The summed E-state index contributed by atoms with van der Waals surface area (Å²) < 4.78 is 78.9. The second-order valence-corrected chi connectivity index (χ2v) is 4.39. The van der Waals surface area contributed by atoms with E-state index in [0.29, 0.717) is 0 Å². The minimum Gasteiger partial charge on any atom is -0.406 e. The average Bonchev–Trinajstić information content (AvgIpc) is 2.42. The van der Waals surface area contributed by atoms with Crippen molar-refractivity contribution in [2.75, 3.05) is 0 Å². The molecule has 0 fully saturated rings. The summed E-state index contributed by atoms with van der Waals surface area (Å²) in [6, 6.07) is 4.87. The molecule has 0 heterocycles. The third-order valence-electron chi connectivity index (χ3n) is 2.84. The first-order valence-electron chi connectivity index (χ1n) is 5.93. The molecule has 2 rings (SSSR count). The summed E-state index contributed by atoms with van der Waals surface area (Å²) in [4.78, 5) is 0. The molecule has 9 heteroatoms. The Balaban J connectivity index is 0.00000264. The predicted octanol–water partition coefficient (Wildman–Crippen LogP) is 4.47. The minimum absolute atomic E-state index is 0. The highest BCUT2D eigenvalue weighted by Crippen LogP contribution is 2.27. The minimum atomic E-state index is -4.83. The Hall–Kier alpha value is -1.93. The maximum absolute atomic E-state index is 13.2. The topological polar surface area (TPSA) is 35.2 Å². The lowest BCUT2D eigenvalue weighted by Gasteiger charge is -2.14. The molecule has 0 amide bonds. The van der Waals surface area contributed by atoms with Gasteiger partial charge < -0.3 is 10.5 Å². The molecule has 0 saturated heterocycles. The van der Waals surface area contributed by atoms with E-state index >= 15 is 0 Å². The molecule has 0 aliphatic heterocycles. The molecule has 0 aliphatic carbocycles. The zero-order valence-corrected chi connectivity index (χ0v) is 12.0. The van der Waals surface area contributed by atoms with Gasteiger partial charge >= 0.3 is 6.36 Å². The number of alkyl halides is 3. The number of ether oxygens (including phenoxy) is 1. The Morgan fingerprint density at radius 3 is 1.78 bits per heavy atom. The van der Waals surface area contributed by atoms with Gasteiger partial charge in [0, 0.05) is 0 Å². The molecule has 126 valence electrons. The fourth-order valence-corrected chi connectivity index (χ4v) is 1.82. The highest BCUT2D eigenvalue weighted by molar-refractivity contribution is 5.85. The molecular formula is C14H10ClF6NO. The highest BCUT2D eigenvalue weighted by Gasteiger charge is 2.31. The Kier molecular flexibility index (Phi) is 5.90. The monoisotopic (exact) mass is 357 g/mol. The maximum Gasteiger partial charge on any atom is 0.573 e. The van der Waals surface area contributed by atoms with Gasteiger partial charge in [0.05, 0.1) is 6.04 Å². The number of benzene rings is 2. The molecule has 2 aromatic rings. The number of hydrogen-bond donors (Lipinski definition) is 1. The van der Waals surface area contributed by atoms with E-state index in [1.54, 1.807) is 0 Å². The maximum atomic E-state index is 13.2. The summed E-state index contributed by atoms with van der Waals surface area (Å²) in [5.74, 6) is -4.88. The third kappa shape index (κ3) is 4.77. The first-order chi connectivity index (χ1) is 10.2. The van der Waals surface area contributed by atoms with Crippen molar-refractivity contribution in [3.63, 3.8) is 0 Å². The fraction of sp³-hybridized carbons (Fsp3) is 0.143. The Bertz CT molecular complexity index is 651. The molecular weight excluding hydrogens is 348 g/mol. The highest BCUT2D eigenvalue weighted by atomic mass is 35.5. The molecule has 1 atom stereocenters. The Morgan fingerprint density at radius 2 is 1.35 bits per heavy atom. The van der Waals surface area contributed by atoms with Gasteiger partial charge in [-0.25, -0.2) is 13.2 Å². The smallest absolute Gasteiger partial charge is 0.406 e. The molecule has 2 nitrogen and oxygen atoms in total. The van der Waals surface area contributed by atoms with Crippen LogP contribution in [-0.2, 0) is 0 Å². The van der Waals surface area contributed by atoms with Crippen LogP contribution in [0.5, 0.6) is 5.75 Å². The van der Waals surface area contributed by atoms with E-state index in [4.69, 9.17) is 5.73 Å². The van der Waals surface area contributed by atoms with Crippen LogP contribution in [0.1, 0.15) is 17.2 Å². The van der Waals surface area contributed by atoms with Crippen molar-refractivity contribution in [3.8, 4) is 5.75 Å². The van der Waals surface area contributed by atoms with Crippen molar-refractivity contribution in [2.45, 2.75) is 12.4 Å². The summed E-state index contributed by atoms with van der Waals surface area (Å²) in [5, 5.41) is 0. The van der Waals surface area contributed by atoms with Gasteiger partial charge in [0.15, 0.2) is 17.5 Å². The summed E-state index contributed by atoms with van der Waals surface area (Å²) >= 11 is 0. The van der Waals surface area contributed by atoms with E-state index in [9.17, 15) is 26.3 Å². The van der Waals surface area contributed by atoms with Crippen LogP contribution in [-0.4, -0.2) is 6.36 Å². The SMILES string of the molecule is Cl.N[C@@H](c1ccc(OC(F)(F)F)cc1)c1cc(F)c(F)c(F)c1. The lowest BCUT2D eigenvalue weighted by Crippen LogP contribution is -2.17. The Labute approximate surface area is 133 Å². The molecule has 2 N–H and O–H groups in total. The second kappa shape index (κ2) is 7.10. The predicted molar refractivity (Wildman–Crippen MR) is 72.7 cm³/mol. The van der Waals surface area contributed by atoms with Gasteiger partial charge in [0.2, 0.25) is 0 Å². The summed E-state index contributed by atoms with van der Waals surface area (Å²) in [5.41, 5.74) is 5.99. The molecule has 0 radical (unpaired) electrons. The first-order valence-corrected chi connectivity index (χ1v) is 5.93. The van der Waals surface area contributed by atoms with Crippen molar-refractivity contribution >= 4 is 12.4 Å². The molecule has 0 unspecified atom stereocenters. The van der Waals surface area contributed by atoms with Crippen LogP contribution in [0, 0.1) is 17.5 Å². The molecule has 0 spiro atoms. The van der Waals surface area contributed by atoms with Crippen LogP contribution in [0.2, 0.25) is 0 Å². The first kappa shape index (κ1) is 19.1. The van der Waals surface area contributed by atoms with E-state index < -0.39 is 35.6 Å². The van der Waals surface area contributed by atoms with E-state index in [0.717, 1.165) is 24.3 Å². The molecule has 0 aliphatic rings. The van der Waals surface area contributed by atoms with Gasteiger partial charge in [-0.1, -0.05) is 12.1 Å². The van der Waals surface area contributed by atoms with Crippen LogP contribution in [0.4, 0.5) is 26.3 Å². The van der Waals surface area contributed by atoms with Gasteiger partial charge in [-0.3, -0.25) is 0 Å². The van der Waals surface area contributed by atoms with E-state index in [-0.39, 0.29) is 23.5 Å². The quantitative estimate of drug-likeness (QED) is 0.649. The van der Waals surface area contributed by atoms with Crippen LogP contribution in [0.25, 0.3) is 0 Å². The van der Waals surface area contributed by atoms with Crippen molar-refractivity contribution in [1.82, 2.24) is 0 Å². The number of halogens is 7. The largest absolute Gasteiger partial charge is 0.573 e. The Morgan fingerprint density at radius 1 is 0.870 bits per heavy atom. The van der Waals surface area contributed by atoms with Crippen LogP contribution in [0.15, 0.2) is 36.4 Å². The molecule has 0 saturated carbocycles. The summed E-state index contributed by atoms with van der Waals surface area (Å²) in [6.45, 7) is 0. The van der Waals surface area contributed by atoms with Gasteiger partial charge in [0.1, 0.15) is 5.75 Å². The van der Waals surface area contributed by atoms with Crippen LogP contribution >= 0.6 is 12.4 Å². The molecule has 2 aromatic carbocycles. The van der Waals surface area contributed by atoms with Crippen molar-refractivity contribution in [3.05, 3.63) is 65.0 Å². The summed E-state index contributed by atoms with van der Waals surface area (Å²) in [7, 11) is 0. The lowest BCUT2D eigenvalue weighted by atomic mass is 9.99.